The molecule has 0 saturated carbocycles. The highest BCUT2D eigenvalue weighted by molar-refractivity contribution is 7.14. The van der Waals surface area contributed by atoms with Crippen molar-refractivity contribution in [2.24, 2.45) is 0 Å². The number of halogens is 1. The van der Waals surface area contributed by atoms with Crippen LogP contribution in [0.1, 0.15) is 14.7 Å². The Labute approximate surface area is 114 Å². The Morgan fingerprint density at radius 3 is 2.68 bits per heavy atom. The fourth-order valence-electron chi connectivity index (χ4n) is 1.62. The van der Waals surface area contributed by atoms with Crippen molar-refractivity contribution in [1.29, 1.82) is 0 Å². The van der Waals surface area contributed by atoms with Gasteiger partial charge in [-0.25, -0.2) is 9.37 Å². The molecule has 0 aliphatic rings. The van der Waals surface area contributed by atoms with Gasteiger partial charge in [0.1, 0.15) is 5.82 Å². The van der Waals surface area contributed by atoms with Crippen LogP contribution in [0.25, 0.3) is 11.3 Å². The van der Waals surface area contributed by atoms with Crippen molar-refractivity contribution in [3.63, 3.8) is 0 Å². The minimum absolute atomic E-state index is 0.240. The molecule has 2 rings (SSSR count). The number of ether oxygens (including phenoxy) is 1. The summed E-state index contributed by atoms with van der Waals surface area (Å²) in [6.07, 6.45) is 0. The maximum Gasteiger partial charge on any atom is 0.280 e. The lowest BCUT2D eigenvalue weighted by atomic mass is 10.1. The van der Waals surface area contributed by atoms with Gasteiger partial charge >= 0.3 is 0 Å². The van der Waals surface area contributed by atoms with E-state index in [1.165, 1.54) is 23.5 Å². The molecule has 0 spiro atoms. The number of thiazole rings is 1. The van der Waals surface area contributed by atoms with E-state index in [0.29, 0.717) is 17.3 Å². The van der Waals surface area contributed by atoms with E-state index in [0.717, 1.165) is 10.4 Å². The van der Waals surface area contributed by atoms with Crippen molar-refractivity contribution in [1.82, 2.24) is 10.3 Å². The predicted molar refractivity (Wildman–Crippen MR) is 71.6 cm³/mol. The molecule has 0 unspecified atom stereocenters. The predicted octanol–water partition coefficient (Wildman–Crippen LogP) is 2.46. The number of methoxy groups -OCH3 is 1. The summed E-state index contributed by atoms with van der Waals surface area (Å²) in [6.45, 7) is 0.362. The molecule has 0 bridgehead atoms. The molecule has 4 nitrogen and oxygen atoms in total. The molecule has 1 amide bonds. The zero-order valence-electron chi connectivity index (χ0n) is 10.6. The quantitative estimate of drug-likeness (QED) is 0.936. The maximum atomic E-state index is 12.9. The van der Waals surface area contributed by atoms with Gasteiger partial charge in [0.15, 0.2) is 5.01 Å². The Bertz CT molecular complexity index is 581. The number of carbonyl (C=O) groups excluding carboxylic acids is 1. The minimum Gasteiger partial charge on any atom is -0.379 e. The Morgan fingerprint density at radius 1 is 1.42 bits per heavy atom. The van der Waals surface area contributed by atoms with Crippen molar-refractivity contribution >= 4 is 17.2 Å². The smallest absolute Gasteiger partial charge is 0.280 e. The lowest BCUT2D eigenvalue weighted by Crippen LogP contribution is -2.17. The normalized spacial score (nSPS) is 10.5. The van der Waals surface area contributed by atoms with Gasteiger partial charge in [0.05, 0.1) is 17.2 Å². The van der Waals surface area contributed by atoms with Crippen molar-refractivity contribution < 1.29 is 13.9 Å². The van der Waals surface area contributed by atoms with Crippen LogP contribution in [0.5, 0.6) is 0 Å². The van der Waals surface area contributed by atoms with E-state index in [4.69, 9.17) is 4.74 Å². The number of amides is 1. The van der Waals surface area contributed by atoms with Crippen LogP contribution in [-0.4, -0.2) is 25.0 Å². The molecular formula is C13H13FN2O2S. The highest BCUT2D eigenvalue weighted by Crippen LogP contribution is 2.29. The van der Waals surface area contributed by atoms with Crippen LogP contribution in [0.4, 0.5) is 4.39 Å². The second-order valence-electron chi connectivity index (χ2n) is 3.81. The molecule has 1 N–H and O–H groups in total. The lowest BCUT2D eigenvalue weighted by Gasteiger charge is -2.01. The molecule has 0 aliphatic heterocycles. The molecule has 1 heterocycles. The molecule has 0 radical (unpaired) electrons. The Kier molecular flexibility index (Phi) is 4.24. The second-order valence-corrected chi connectivity index (χ2v) is 4.89. The van der Waals surface area contributed by atoms with Gasteiger partial charge in [-0.05, 0) is 24.3 Å². The minimum atomic E-state index is -0.307. The zero-order valence-corrected chi connectivity index (χ0v) is 11.4. The average Bonchev–Trinajstić information content (AvgIpc) is 2.83. The highest BCUT2D eigenvalue weighted by Gasteiger charge is 2.17. The van der Waals surface area contributed by atoms with Gasteiger partial charge in [0, 0.05) is 19.7 Å². The number of carbonyl (C=O) groups is 1. The number of hydrogen-bond acceptors (Lipinski definition) is 4. The molecule has 0 fully saturated rings. The first-order valence-corrected chi connectivity index (χ1v) is 6.44. The fourth-order valence-corrected chi connectivity index (χ4v) is 2.62. The van der Waals surface area contributed by atoms with E-state index in [1.807, 2.05) is 0 Å². The summed E-state index contributed by atoms with van der Waals surface area (Å²) in [5, 5.41) is 2.90. The average molecular weight is 280 g/mol. The Morgan fingerprint density at radius 2 is 2.11 bits per heavy atom. The van der Waals surface area contributed by atoms with Crippen molar-refractivity contribution in [3.8, 4) is 11.3 Å². The lowest BCUT2D eigenvalue weighted by molar-refractivity contribution is 0.0963. The first-order chi connectivity index (χ1) is 9.15. The molecule has 2 aromatic rings. The van der Waals surface area contributed by atoms with Gasteiger partial charge in [-0.2, -0.15) is 0 Å². The summed E-state index contributed by atoms with van der Waals surface area (Å²) in [5.41, 5.74) is 1.42. The number of nitrogens with one attached hydrogen (secondary N) is 1. The second kappa shape index (κ2) is 5.90. The first kappa shape index (κ1) is 13.6. The Balaban J connectivity index is 2.45. The first-order valence-electron chi connectivity index (χ1n) is 5.62. The van der Waals surface area contributed by atoms with E-state index in [1.54, 1.807) is 26.3 Å². The third-order valence-electron chi connectivity index (χ3n) is 2.51. The van der Waals surface area contributed by atoms with Crippen LogP contribution in [-0.2, 0) is 11.3 Å². The van der Waals surface area contributed by atoms with E-state index in [-0.39, 0.29) is 11.7 Å². The van der Waals surface area contributed by atoms with Crippen molar-refractivity contribution in [2.75, 3.05) is 14.2 Å². The molecule has 19 heavy (non-hydrogen) atoms. The molecular weight excluding hydrogens is 267 g/mol. The molecule has 6 heteroatoms. The summed E-state index contributed by atoms with van der Waals surface area (Å²) >= 11 is 1.27. The van der Waals surface area contributed by atoms with E-state index in [2.05, 4.69) is 10.3 Å². The van der Waals surface area contributed by atoms with Crippen LogP contribution in [0.15, 0.2) is 24.3 Å². The van der Waals surface area contributed by atoms with Crippen LogP contribution >= 0.6 is 11.3 Å². The van der Waals surface area contributed by atoms with Gasteiger partial charge < -0.3 is 10.1 Å². The summed E-state index contributed by atoms with van der Waals surface area (Å²) in [4.78, 5) is 16.7. The van der Waals surface area contributed by atoms with E-state index in [9.17, 15) is 9.18 Å². The summed E-state index contributed by atoms with van der Waals surface area (Å²) in [5.74, 6) is -0.547. The van der Waals surface area contributed by atoms with Gasteiger partial charge in [-0.1, -0.05) is 0 Å². The number of rotatable bonds is 4. The highest BCUT2D eigenvalue weighted by atomic mass is 32.1. The van der Waals surface area contributed by atoms with Crippen molar-refractivity contribution in [3.05, 3.63) is 40.0 Å². The number of aromatic nitrogens is 1. The van der Waals surface area contributed by atoms with Gasteiger partial charge in [-0.15, -0.1) is 11.3 Å². The van der Waals surface area contributed by atoms with Crippen LogP contribution < -0.4 is 5.32 Å². The van der Waals surface area contributed by atoms with Crippen molar-refractivity contribution in [2.45, 2.75) is 6.61 Å². The Hall–Kier alpha value is -1.79. The standard InChI is InChI=1S/C13H13FN2O2S/c1-15-12(17)13-16-11(10(19-13)7-18-2)8-3-5-9(14)6-4-8/h3-6H,7H2,1-2H3,(H,15,17). The number of hydrogen-bond donors (Lipinski definition) is 1. The van der Waals surface area contributed by atoms with Crippen LogP contribution in [0.2, 0.25) is 0 Å². The molecule has 0 saturated heterocycles. The van der Waals surface area contributed by atoms with Gasteiger partial charge in [-0.3, -0.25) is 4.79 Å². The summed E-state index contributed by atoms with van der Waals surface area (Å²) < 4.78 is 18.0. The number of nitrogens with zero attached hydrogens (tertiary/aromatic N) is 1. The fraction of sp³-hybridized carbons (Fsp3) is 0.231. The van der Waals surface area contributed by atoms with E-state index < -0.39 is 0 Å². The van der Waals surface area contributed by atoms with Gasteiger partial charge in [0.25, 0.3) is 5.91 Å². The third-order valence-corrected chi connectivity index (χ3v) is 3.54. The SMILES string of the molecule is CNC(=O)c1nc(-c2ccc(F)cc2)c(COC)s1. The van der Waals surface area contributed by atoms with Gasteiger partial charge in [0.2, 0.25) is 0 Å². The van der Waals surface area contributed by atoms with Crippen LogP contribution in [0.3, 0.4) is 0 Å². The third kappa shape index (κ3) is 2.97. The van der Waals surface area contributed by atoms with E-state index >= 15 is 0 Å². The van der Waals surface area contributed by atoms with Crippen LogP contribution in [0, 0.1) is 5.82 Å². The monoisotopic (exact) mass is 280 g/mol. The summed E-state index contributed by atoms with van der Waals surface area (Å²) in [6, 6.07) is 6.00. The maximum absolute atomic E-state index is 12.9. The number of benzene rings is 1. The molecule has 100 valence electrons. The molecule has 1 aromatic heterocycles. The molecule has 1 aromatic carbocycles. The summed E-state index contributed by atoms with van der Waals surface area (Å²) in [7, 11) is 3.13. The zero-order chi connectivity index (χ0) is 13.8. The topological polar surface area (TPSA) is 51.2 Å². The largest absolute Gasteiger partial charge is 0.379 e. The molecule has 0 atom stereocenters. The molecule has 0 aliphatic carbocycles.